The van der Waals surface area contributed by atoms with E-state index in [1.807, 2.05) is 11.8 Å². The molecule has 18 heavy (non-hydrogen) atoms. The third kappa shape index (κ3) is 2.85. The van der Waals surface area contributed by atoms with Gasteiger partial charge in [0.25, 0.3) is 0 Å². The van der Waals surface area contributed by atoms with E-state index < -0.39 is 9.84 Å². The minimum Gasteiger partial charge on any atom is -0.367 e. The van der Waals surface area contributed by atoms with Crippen molar-refractivity contribution in [1.82, 2.24) is 0 Å². The lowest BCUT2D eigenvalue weighted by atomic mass is 10.1. The number of alkyl halides is 1. The Hall–Kier alpha value is -0.620. The smallest absolute Gasteiger partial charge is 0.154 e. The summed E-state index contributed by atoms with van der Waals surface area (Å²) >= 11 is 3.34. The quantitative estimate of drug-likeness (QED) is 0.778. The third-order valence-corrected chi connectivity index (χ3v) is 5.56. The van der Waals surface area contributed by atoms with Gasteiger partial charge >= 0.3 is 0 Å². The highest BCUT2D eigenvalue weighted by Crippen LogP contribution is 2.27. The summed E-state index contributed by atoms with van der Waals surface area (Å²) in [5.41, 5.74) is 1.76. The Morgan fingerprint density at radius 1 is 1.50 bits per heavy atom. The number of hydrogen-bond donors (Lipinski definition) is 0. The Bertz CT molecular complexity index is 547. The van der Waals surface area contributed by atoms with Gasteiger partial charge in [-0.25, -0.2) is 12.8 Å². The summed E-state index contributed by atoms with van der Waals surface area (Å²) in [6.07, 6.45) is 0. The van der Waals surface area contributed by atoms with Crippen LogP contribution in [-0.2, 0) is 15.2 Å². The fourth-order valence-corrected chi connectivity index (χ4v) is 4.30. The predicted molar refractivity (Wildman–Crippen MR) is 74.5 cm³/mol. The molecule has 1 heterocycles. The molecule has 1 fully saturated rings. The zero-order valence-electron chi connectivity index (χ0n) is 10.1. The van der Waals surface area contributed by atoms with Crippen molar-refractivity contribution in [3.8, 4) is 0 Å². The van der Waals surface area contributed by atoms with Gasteiger partial charge in [-0.2, -0.15) is 0 Å². The van der Waals surface area contributed by atoms with Gasteiger partial charge in [0.05, 0.1) is 11.5 Å². The fraction of sp³-hybridized carbons (Fsp3) is 0.500. The maximum absolute atomic E-state index is 13.2. The van der Waals surface area contributed by atoms with Crippen molar-refractivity contribution in [2.24, 2.45) is 0 Å². The van der Waals surface area contributed by atoms with E-state index in [4.69, 9.17) is 0 Å². The van der Waals surface area contributed by atoms with Crippen molar-refractivity contribution in [2.75, 3.05) is 23.0 Å². The Balaban J connectivity index is 2.32. The topological polar surface area (TPSA) is 37.4 Å². The molecule has 1 unspecified atom stereocenters. The molecule has 3 nitrogen and oxygen atoms in total. The zero-order chi connectivity index (χ0) is 13.3. The molecule has 1 saturated heterocycles. The molecule has 1 aliphatic heterocycles. The standard InChI is InChI=1S/C12H15BrFNO2S/c1-9-8-18(16,17)5-4-15(9)12-3-2-11(14)6-10(12)7-13/h2-3,6,9H,4-5,7-8H2,1H3. The summed E-state index contributed by atoms with van der Waals surface area (Å²) in [5, 5.41) is 0.552. The van der Waals surface area contributed by atoms with Crippen LogP contribution in [0, 0.1) is 5.82 Å². The number of benzene rings is 1. The maximum Gasteiger partial charge on any atom is 0.154 e. The van der Waals surface area contributed by atoms with Crippen molar-refractivity contribution in [2.45, 2.75) is 18.3 Å². The minimum absolute atomic E-state index is 0.0768. The summed E-state index contributed by atoms with van der Waals surface area (Å²) < 4.78 is 36.3. The highest BCUT2D eigenvalue weighted by molar-refractivity contribution is 9.08. The van der Waals surface area contributed by atoms with Crippen LogP contribution in [0.1, 0.15) is 12.5 Å². The first-order valence-corrected chi connectivity index (χ1v) is 8.68. The number of nitrogens with zero attached hydrogens (tertiary/aromatic N) is 1. The molecule has 100 valence electrons. The SMILES string of the molecule is CC1CS(=O)(=O)CCN1c1ccc(F)cc1CBr. The Kier molecular flexibility index (Phi) is 3.96. The normalized spacial score (nSPS) is 23.1. The van der Waals surface area contributed by atoms with Crippen LogP contribution in [-0.4, -0.2) is 32.5 Å². The van der Waals surface area contributed by atoms with E-state index in [0.717, 1.165) is 11.3 Å². The summed E-state index contributed by atoms with van der Waals surface area (Å²) in [4.78, 5) is 2.04. The van der Waals surface area contributed by atoms with Crippen molar-refractivity contribution >= 4 is 31.5 Å². The van der Waals surface area contributed by atoms with Crippen LogP contribution < -0.4 is 4.90 Å². The number of hydrogen-bond acceptors (Lipinski definition) is 3. The van der Waals surface area contributed by atoms with Gasteiger partial charge in [-0.15, -0.1) is 0 Å². The Morgan fingerprint density at radius 2 is 2.22 bits per heavy atom. The first-order chi connectivity index (χ1) is 8.43. The van der Waals surface area contributed by atoms with Crippen LogP contribution in [0.15, 0.2) is 18.2 Å². The van der Waals surface area contributed by atoms with Crippen LogP contribution in [0.5, 0.6) is 0 Å². The molecule has 1 aromatic carbocycles. The molecule has 0 bridgehead atoms. The van der Waals surface area contributed by atoms with E-state index in [0.29, 0.717) is 11.9 Å². The van der Waals surface area contributed by atoms with Gasteiger partial charge in [0.2, 0.25) is 0 Å². The summed E-state index contributed by atoms with van der Waals surface area (Å²) in [6, 6.07) is 4.55. The maximum atomic E-state index is 13.2. The molecule has 0 aromatic heterocycles. The van der Waals surface area contributed by atoms with Crippen molar-refractivity contribution in [3.63, 3.8) is 0 Å². The Morgan fingerprint density at radius 3 is 2.83 bits per heavy atom. The summed E-state index contributed by atoms with van der Waals surface area (Å²) in [7, 11) is -2.93. The zero-order valence-corrected chi connectivity index (χ0v) is 12.5. The molecule has 0 aliphatic carbocycles. The molecule has 2 rings (SSSR count). The van der Waals surface area contributed by atoms with Crippen molar-refractivity contribution in [1.29, 1.82) is 0 Å². The van der Waals surface area contributed by atoms with Gasteiger partial charge in [-0.05, 0) is 30.7 Å². The molecule has 0 amide bonds. The largest absolute Gasteiger partial charge is 0.367 e. The Labute approximate surface area is 115 Å². The van der Waals surface area contributed by atoms with Crippen LogP contribution in [0.3, 0.4) is 0 Å². The van der Waals surface area contributed by atoms with Crippen molar-refractivity contribution < 1.29 is 12.8 Å². The molecule has 0 saturated carbocycles. The second kappa shape index (κ2) is 5.17. The van der Waals surface area contributed by atoms with Gasteiger partial charge in [0.1, 0.15) is 5.82 Å². The monoisotopic (exact) mass is 335 g/mol. The second-order valence-electron chi connectivity index (χ2n) is 4.56. The predicted octanol–water partition coefficient (Wildman–Crippen LogP) is 2.34. The number of sulfone groups is 1. The first kappa shape index (κ1) is 13.8. The van der Waals surface area contributed by atoms with Gasteiger partial charge in [0.15, 0.2) is 9.84 Å². The minimum atomic E-state index is -2.93. The number of rotatable bonds is 2. The van der Waals surface area contributed by atoms with E-state index in [1.54, 1.807) is 6.07 Å². The molecular formula is C12H15BrFNO2S. The van der Waals surface area contributed by atoms with Crippen LogP contribution in [0.25, 0.3) is 0 Å². The highest BCUT2D eigenvalue weighted by atomic mass is 79.9. The molecule has 0 radical (unpaired) electrons. The third-order valence-electron chi connectivity index (χ3n) is 3.17. The van der Waals surface area contributed by atoms with Gasteiger partial charge in [-0.1, -0.05) is 15.9 Å². The molecule has 1 aromatic rings. The molecule has 0 N–H and O–H groups in total. The summed E-state index contributed by atoms with van der Waals surface area (Å²) in [6.45, 7) is 2.35. The average Bonchev–Trinajstić information content (AvgIpc) is 2.29. The van der Waals surface area contributed by atoms with E-state index in [9.17, 15) is 12.8 Å². The lowest BCUT2D eigenvalue weighted by Gasteiger charge is -2.36. The lowest BCUT2D eigenvalue weighted by molar-refractivity contribution is 0.567. The van der Waals surface area contributed by atoms with Gasteiger partial charge < -0.3 is 4.90 Å². The van der Waals surface area contributed by atoms with Crippen LogP contribution in [0.2, 0.25) is 0 Å². The first-order valence-electron chi connectivity index (χ1n) is 5.74. The lowest BCUT2D eigenvalue weighted by Crippen LogP contribution is -2.47. The van der Waals surface area contributed by atoms with E-state index >= 15 is 0 Å². The van der Waals surface area contributed by atoms with E-state index in [1.165, 1.54) is 12.1 Å². The van der Waals surface area contributed by atoms with Gasteiger partial charge in [-0.3, -0.25) is 0 Å². The molecule has 0 spiro atoms. The van der Waals surface area contributed by atoms with E-state index in [-0.39, 0.29) is 23.4 Å². The number of halogens is 2. The summed E-state index contributed by atoms with van der Waals surface area (Å²) in [5.74, 6) is 0.0493. The second-order valence-corrected chi connectivity index (χ2v) is 7.35. The molecule has 6 heteroatoms. The van der Waals surface area contributed by atoms with Crippen LogP contribution >= 0.6 is 15.9 Å². The molecule has 1 aliphatic rings. The molecule has 1 atom stereocenters. The fourth-order valence-electron chi connectivity index (χ4n) is 2.30. The van der Waals surface area contributed by atoms with Crippen molar-refractivity contribution in [3.05, 3.63) is 29.6 Å². The van der Waals surface area contributed by atoms with Crippen LogP contribution in [0.4, 0.5) is 10.1 Å². The van der Waals surface area contributed by atoms with E-state index in [2.05, 4.69) is 15.9 Å². The van der Waals surface area contributed by atoms with Gasteiger partial charge in [0, 0.05) is 23.6 Å². The highest BCUT2D eigenvalue weighted by Gasteiger charge is 2.29. The molecular weight excluding hydrogens is 321 g/mol. The number of anilines is 1. The average molecular weight is 336 g/mol.